The molecule has 17 heavy (non-hydrogen) atoms. The number of rotatable bonds is 6. The van der Waals surface area contributed by atoms with Crippen LogP contribution in [-0.4, -0.2) is 26.5 Å². The van der Waals surface area contributed by atoms with E-state index in [1.165, 1.54) is 0 Å². The number of pyridine rings is 1. The molecule has 0 fully saturated rings. The van der Waals surface area contributed by atoms with Crippen molar-refractivity contribution < 1.29 is 0 Å². The van der Waals surface area contributed by atoms with Gasteiger partial charge in [-0.15, -0.1) is 5.10 Å². The van der Waals surface area contributed by atoms with Crippen molar-refractivity contribution in [3.63, 3.8) is 0 Å². The molecule has 0 aliphatic rings. The van der Waals surface area contributed by atoms with Crippen molar-refractivity contribution in [3.8, 4) is 0 Å². The van der Waals surface area contributed by atoms with E-state index in [1.54, 1.807) is 6.20 Å². The average molecular weight is 231 g/mol. The average Bonchev–Trinajstić information content (AvgIpc) is 2.82. The summed E-state index contributed by atoms with van der Waals surface area (Å²) in [5.74, 6) is 0. The van der Waals surface area contributed by atoms with Crippen LogP contribution in [0.3, 0.4) is 0 Å². The van der Waals surface area contributed by atoms with E-state index in [1.807, 2.05) is 36.0 Å². The van der Waals surface area contributed by atoms with Crippen molar-refractivity contribution in [3.05, 3.63) is 42.0 Å². The molecule has 5 nitrogen and oxygen atoms in total. The monoisotopic (exact) mass is 231 g/mol. The van der Waals surface area contributed by atoms with Crippen molar-refractivity contribution >= 4 is 0 Å². The second kappa shape index (κ2) is 6.10. The number of hydrogen-bond acceptors (Lipinski definition) is 4. The van der Waals surface area contributed by atoms with E-state index in [4.69, 9.17) is 0 Å². The second-order valence-corrected chi connectivity index (χ2v) is 3.97. The van der Waals surface area contributed by atoms with E-state index in [0.717, 1.165) is 37.4 Å². The van der Waals surface area contributed by atoms with Gasteiger partial charge in [0.2, 0.25) is 0 Å². The molecule has 1 N–H and O–H groups in total. The molecular weight excluding hydrogens is 214 g/mol. The van der Waals surface area contributed by atoms with E-state index < -0.39 is 0 Å². The standard InChI is InChI=1S/C12H17N5/c1-11-4-2-5-12(15-11)10-13-6-3-8-17-9-7-14-16-17/h2,4-5,7,9,13H,3,6,8,10H2,1H3. The molecule has 90 valence electrons. The third kappa shape index (κ3) is 3.96. The Hall–Kier alpha value is -1.75. The van der Waals surface area contributed by atoms with E-state index in [9.17, 15) is 0 Å². The lowest BCUT2D eigenvalue weighted by molar-refractivity contribution is 0.528. The van der Waals surface area contributed by atoms with E-state index in [-0.39, 0.29) is 0 Å². The van der Waals surface area contributed by atoms with Crippen LogP contribution in [0.25, 0.3) is 0 Å². The third-order valence-electron chi connectivity index (χ3n) is 2.46. The minimum atomic E-state index is 0.818. The zero-order valence-electron chi connectivity index (χ0n) is 10.0. The fraction of sp³-hybridized carbons (Fsp3) is 0.417. The highest BCUT2D eigenvalue weighted by atomic mass is 15.4. The van der Waals surface area contributed by atoms with Crippen molar-refractivity contribution in [2.24, 2.45) is 0 Å². The second-order valence-electron chi connectivity index (χ2n) is 3.97. The summed E-state index contributed by atoms with van der Waals surface area (Å²) in [6.07, 6.45) is 4.61. The van der Waals surface area contributed by atoms with Gasteiger partial charge in [0.1, 0.15) is 0 Å². The summed E-state index contributed by atoms with van der Waals surface area (Å²) in [5.41, 5.74) is 2.15. The molecule has 0 aliphatic heterocycles. The first-order valence-electron chi connectivity index (χ1n) is 5.82. The highest BCUT2D eigenvalue weighted by Crippen LogP contribution is 1.97. The zero-order chi connectivity index (χ0) is 11.9. The van der Waals surface area contributed by atoms with Crippen LogP contribution in [0.5, 0.6) is 0 Å². The Morgan fingerprint density at radius 2 is 2.29 bits per heavy atom. The lowest BCUT2D eigenvalue weighted by Gasteiger charge is -2.05. The van der Waals surface area contributed by atoms with Crippen molar-refractivity contribution in [2.45, 2.75) is 26.4 Å². The maximum Gasteiger partial charge on any atom is 0.0692 e. The Kier molecular flexibility index (Phi) is 4.21. The van der Waals surface area contributed by atoms with Gasteiger partial charge < -0.3 is 5.32 Å². The quantitative estimate of drug-likeness (QED) is 0.758. The van der Waals surface area contributed by atoms with E-state index in [2.05, 4.69) is 20.6 Å². The molecule has 2 aromatic heterocycles. The Morgan fingerprint density at radius 1 is 1.35 bits per heavy atom. The molecule has 0 aliphatic carbocycles. The molecule has 0 saturated carbocycles. The van der Waals surface area contributed by atoms with E-state index >= 15 is 0 Å². The van der Waals surface area contributed by atoms with Crippen LogP contribution in [0.4, 0.5) is 0 Å². The molecular formula is C12H17N5. The predicted molar refractivity (Wildman–Crippen MR) is 65.3 cm³/mol. The summed E-state index contributed by atoms with van der Waals surface area (Å²) in [6, 6.07) is 6.08. The highest BCUT2D eigenvalue weighted by molar-refractivity contribution is 5.09. The molecule has 2 heterocycles. The molecule has 2 aromatic rings. The van der Waals surface area contributed by atoms with Crippen LogP contribution in [0, 0.1) is 6.92 Å². The van der Waals surface area contributed by atoms with Crippen molar-refractivity contribution in [2.75, 3.05) is 6.54 Å². The minimum Gasteiger partial charge on any atom is -0.311 e. The SMILES string of the molecule is Cc1cccc(CNCCCn2ccnn2)n1. The topological polar surface area (TPSA) is 55.6 Å². The van der Waals surface area contributed by atoms with Gasteiger partial charge in [-0.05, 0) is 32.0 Å². The van der Waals surface area contributed by atoms with Crippen LogP contribution in [0.1, 0.15) is 17.8 Å². The first-order chi connectivity index (χ1) is 8.34. The molecule has 0 spiro atoms. The molecule has 2 rings (SSSR count). The summed E-state index contributed by atoms with van der Waals surface area (Å²) >= 11 is 0. The normalized spacial score (nSPS) is 10.6. The third-order valence-corrected chi connectivity index (χ3v) is 2.46. The largest absolute Gasteiger partial charge is 0.311 e. The van der Waals surface area contributed by atoms with Gasteiger partial charge in [-0.2, -0.15) is 0 Å². The summed E-state index contributed by atoms with van der Waals surface area (Å²) in [5, 5.41) is 11.0. The van der Waals surface area contributed by atoms with Crippen LogP contribution in [-0.2, 0) is 13.1 Å². The van der Waals surface area contributed by atoms with Gasteiger partial charge in [0.15, 0.2) is 0 Å². The minimum absolute atomic E-state index is 0.818. The summed E-state index contributed by atoms with van der Waals surface area (Å²) in [6.45, 7) is 4.68. The van der Waals surface area contributed by atoms with Crippen LogP contribution in [0.15, 0.2) is 30.6 Å². The number of hydrogen-bond donors (Lipinski definition) is 1. The van der Waals surface area contributed by atoms with Gasteiger partial charge in [0.25, 0.3) is 0 Å². The van der Waals surface area contributed by atoms with Gasteiger partial charge in [0, 0.05) is 25.0 Å². The lowest BCUT2D eigenvalue weighted by atomic mass is 10.3. The fourth-order valence-corrected chi connectivity index (χ4v) is 1.63. The molecule has 0 saturated heterocycles. The summed E-state index contributed by atoms with van der Waals surface area (Å²) in [4.78, 5) is 4.43. The summed E-state index contributed by atoms with van der Waals surface area (Å²) < 4.78 is 1.84. The molecule has 0 amide bonds. The van der Waals surface area contributed by atoms with Gasteiger partial charge in [-0.1, -0.05) is 11.3 Å². The van der Waals surface area contributed by atoms with Gasteiger partial charge in [-0.3, -0.25) is 9.67 Å². The molecule has 0 bridgehead atoms. The number of nitrogens with one attached hydrogen (secondary N) is 1. The van der Waals surface area contributed by atoms with Crippen LogP contribution in [0.2, 0.25) is 0 Å². The van der Waals surface area contributed by atoms with E-state index in [0.29, 0.717) is 0 Å². The molecule has 0 unspecified atom stereocenters. The Bertz CT molecular complexity index is 438. The number of nitrogens with zero attached hydrogens (tertiary/aromatic N) is 4. The lowest BCUT2D eigenvalue weighted by Crippen LogP contribution is -2.17. The van der Waals surface area contributed by atoms with Gasteiger partial charge >= 0.3 is 0 Å². The Morgan fingerprint density at radius 3 is 3.06 bits per heavy atom. The molecule has 5 heteroatoms. The molecule has 0 radical (unpaired) electrons. The zero-order valence-corrected chi connectivity index (χ0v) is 10.0. The Labute approximate surface area is 101 Å². The fourth-order valence-electron chi connectivity index (χ4n) is 1.63. The maximum absolute atomic E-state index is 4.43. The molecule has 0 atom stereocenters. The van der Waals surface area contributed by atoms with Crippen molar-refractivity contribution in [1.29, 1.82) is 0 Å². The molecule has 0 aromatic carbocycles. The van der Waals surface area contributed by atoms with Gasteiger partial charge in [-0.25, -0.2) is 0 Å². The van der Waals surface area contributed by atoms with Crippen LogP contribution >= 0.6 is 0 Å². The van der Waals surface area contributed by atoms with Gasteiger partial charge in [0.05, 0.1) is 11.9 Å². The first-order valence-corrected chi connectivity index (χ1v) is 5.82. The number of aromatic nitrogens is 4. The predicted octanol–water partition coefficient (Wildman–Crippen LogP) is 1.16. The highest BCUT2D eigenvalue weighted by Gasteiger charge is 1.95. The summed E-state index contributed by atoms with van der Waals surface area (Å²) in [7, 11) is 0. The number of aryl methyl sites for hydroxylation is 2. The van der Waals surface area contributed by atoms with Crippen molar-refractivity contribution in [1.82, 2.24) is 25.3 Å². The first kappa shape index (κ1) is 11.7. The Balaban J connectivity index is 1.63. The maximum atomic E-state index is 4.43. The smallest absolute Gasteiger partial charge is 0.0692 e. The van der Waals surface area contributed by atoms with Crippen LogP contribution < -0.4 is 5.32 Å².